The van der Waals surface area contributed by atoms with Gasteiger partial charge in [0.25, 0.3) is 5.56 Å². The summed E-state index contributed by atoms with van der Waals surface area (Å²) in [5.41, 5.74) is 4.70. The molecular weight excluding hydrogens is 502 g/mol. The van der Waals surface area contributed by atoms with Crippen molar-refractivity contribution in [3.63, 3.8) is 0 Å². The fourth-order valence-corrected chi connectivity index (χ4v) is 5.87. The van der Waals surface area contributed by atoms with Crippen LogP contribution in [-0.2, 0) is 23.6 Å². The molecule has 1 aliphatic heterocycles. The Balaban J connectivity index is 1.70. The van der Waals surface area contributed by atoms with Crippen LogP contribution >= 0.6 is 11.3 Å². The molecular formula is C28H29N5O4S. The molecule has 0 spiro atoms. The molecule has 1 atom stereocenters. The maximum Gasteiger partial charge on any atom is 0.338 e. The van der Waals surface area contributed by atoms with Crippen molar-refractivity contribution in [2.75, 3.05) is 25.6 Å². The van der Waals surface area contributed by atoms with Crippen LogP contribution in [0.15, 0.2) is 68.3 Å². The summed E-state index contributed by atoms with van der Waals surface area (Å²) in [5.74, 6) is -0.486. The van der Waals surface area contributed by atoms with Crippen molar-refractivity contribution in [3.8, 4) is 0 Å². The molecule has 0 fully saturated rings. The molecule has 1 unspecified atom stereocenters. The topological polar surface area (TPSA) is 90.8 Å². The summed E-state index contributed by atoms with van der Waals surface area (Å²) in [7, 11) is 7.37. The number of carbonyl (C=O) groups is 1. The molecule has 3 heterocycles. The summed E-state index contributed by atoms with van der Waals surface area (Å²) < 4.78 is 10.6. The van der Waals surface area contributed by atoms with E-state index in [1.165, 1.54) is 11.3 Å². The lowest BCUT2D eigenvalue weighted by molar-refractivity contribution is -0.139. The van der Waals surface area contributed by atoms with Gasteiger partial charge in [0, 0.05) is 33.9 Å². The molecule has 2 aromatic carbocycles. The molecule has 196 valence electrons. The van der Waals surface area contributed by atoms with Gasteiger partial charge in [-0.2, -0.15) is 0 Å². The number of carbonyl (C=O) groups excluding carboxylic acids is 1. The molecule has 4 aromatic rings. The van der Waals surface area contributed by atoms with E-state index < -0.39 is 12.0 Å². The molecule has 0 radical (unpaired) electrons. The Kier molecular flexibility index (Phi) is 6.44. The zero-order valence-corrected chi connectivity index (χ0v) is 23.0. The Hall–Kier alpha value is -4.18. The second kappa shape index (κ2) is 9.60. The molecule has 0 N–H and O–H groups in total. The van der Waals surface area contributed by atoms with Crippen molar-refractivity contribution < 1.29 is 9.53 Å². The molecule has 0 bridgehead atoms. The molecule has 2 aromatic heterocycles. The van der Waals surface area contributed by atoms with Gasteiger partial charge in [-0.25, -0.2) is 14.6 Å². The second-order valence-corrected chi connectivity index (χ2v) is 10.4. The summed E-state index contributed by atoms with van der Waals surface area (Å²) in [5, 5.41) is 0. The number of aryl methyl sites for hydroxylation is 2. The first-order valence-corrected chi connectivity index (χ1v) is 13.1. The van der Waals surface area contributed by atoms with Crippen LogP contribution in [0.5, 0.6) is 0 Å². The number of esters is 1. The summed E-state index contributed by atoms with van der Waals surface area (Å²) in [6.07, 6.45) is 1.80. The van der Waals surface area contributed by atoms with Gasteiger partial charge in [0.05, 0.1) is 39.5 Å². The highest BCUT2D eigenvalue weighted by Gasteiger charge is 2.33. The molecule has 1 aliphatic rings. The van der Waals surface area contributed by atoms with E-state index in [2.05, 4.69) is 4.99 Å². The number of benzene rings is 2. The third-order valence-electron chi connectivity index (χ3n) is 6.84. The van der Waals surface area contributed by atoms with Gasteiger partial charge in [0.15, 0.2) is 4.80 Å². The van der Waals surface area contributed by atoms with E-state index in [0.29, 0.717) is 20.6 Å². The molecule has 38 heavy (non-hydrogen) atoms. The minimum absolute atomic E-state index is 0.112. The number of imidazole rings is 1. The third kappa shape index (κ3) is 4.10. The Bertz CT molecular complexity index is 1850. The van der Waals surface area contributed by atoms with E-state index in [-0.39, 0.29) is 17.9 Å². The van der Waals surface area contributed by atoms with Crippen molar-refractivity contribution in [3.05, 3.63) is 95.0 Å². The van der Waals surface area contributed by atoms with Crippen LogP contribution in [-0.4, -0.2) is 40.4 Å². The largest absolute Gasteiger partial charge is 0.463 e. The van der Waals surface area contributed by atoms with Crippen molar-refractivity contribution in [1.29, 1.82) is 0 Å². The van der Waals surface area contributed by atoms with E-state index in [4.69, 9.17) is 4.74 Å². The number of ether oxygens (including phenoxy) is 1. The molecule has 0 aliphatic carbocycles. The molecule has 0 amide bonds. The van der Waals surface area contributed by atoms with Crippen molar-refractivity contribution in [1.82, 2.24) is 13.7 Å². The standard InChI is InChI=1S/C28H29N5O4S/c1-7-37-26(35)23-16(2)29-27-33(24(23)18-9-11-19(12-10-18)30(3)4)25(34)22(38-27)15-17-8-13-20-21(14-17)32(6)28(36)31(20)5/h8-15,24H,7H2,1-6H3/b22-15-. The summed E-state index contributed by atoms with van der Waals surface area (Å²) in [6, 6.07) is 12.8. The highest BCUT2D eigenvalue weighted by molar-refractivity contribution is 7.07. The Labute approximate surface area is 222 Å². The maximum absolute atomic E-state index is 13.8. The van der Waals surface area contributed by atoms with Crippen LogP contribution < -0.4 is 25.5 Å². The SMILES string of the molecule is CCOC(=O)C1=C(C)N=c2s/c(=C\c3ccc4c(c3)n(C)c(=O)n4C)c(=O)n2C1c1ccc(N(C)C)cc1. The summed E-state index contributed by atoms with van der Waals surface area (Å²) >= 11 is 1.27. The monoisotopic (exact) mass is 531 g/mol. The molecule has 10 heteroatoms. The van der Waals surface area contributed by atoms with Gasteiger partial charge in [-0.15, -0.1) is 0 Å². The highest BCUT2D eigenvalue weighted by Crippen LogP contribution is 2.31. The highest BCUT2D eigenvalue weighted by atomic mass is 32.1. The van der Waals surface area contributed by atoms with Crippen LogP contribution in [0.25, 0.3) is 17.1 Å². The number of anilines is 1. The van der Waals surface area contributed by atoms with Gasteiger partial charge in [0.2, 0.25) is 0 Å². The van der Waals surface area contributed by atoms with Gasteiger partial charge < -0.3 is 9.64 Å². The van der Waals surface area contributed by atoms with Crippen molar-refractivity contribution >= 4 is 40.1 Å². The zero-order chi connectivity index (χ0) is 27.3. The van der Waals surface area contributed by atoms with E-state index in [1.54, 1.807) is 47.7 Å². The lowest BCUT2D eigenvalue weighted by atomic mass is 9.95. The van der Waals surface area contributed by atoms with Gasteiger partial charge in [0.1, 0.15) is 0 Å². The lowest BCUT2D eigenvalue weighted by Crippen LogP contribution is -2.39. The number of thiazole rings is 1. The van der Waals surface area contributed by atoms with Crippen LogP contribution in [0.3, 0.4) is 0 Å². The number of fused-ring (bicyclic) bond motifs is 2. The number of hydrogen-bond acceptors (Lipinski definition) is 7. The Morgan fingerprint density at radius 1 is 1.08 bits per heavy atom. The van der Waals surface area contributed by atoms with E-state index in [0.717, 1.165) is 27.8 Å². The fourth-order valence-electron chi connectivity index (χ4n) is 4.83. The van der Waals surface area contributed by atoms with E-state index in [9.17, 15) is 14.4 Å². The third-order valence-corrected chi connectivity index (χ3v) is 7.82. The second-order valence-electron chi connectivity index (χ2n) is 9.44. The van der Waals surface area contributed by atoms with Crippen molar-refractivity contribution in [2.45, 2.75) is 19.9 Å². The van der Waals surface area contributed by atoms with E-state index >= 15 is 0 Å². The van der Waals surface area contributed by atoms with E-state index in [1.807, 2.05) is 61.5 Å². The Morgan fingerprint density at radius 3 is 2.42 bits per heavy atom. The first-order chi connectivity index (χ1) is 18.1. The van der Waals surface area contributed by atoms with Crippen LogP contribution in [0, 0.1) is 0 Å². The quantitative estimate of drug-likeness (QED) is 0.368. The fraction of sp³-hybridized carbons (Fsp3) is 0.286. The normalized spacial score (nSPS) is 15.5. The van der Waals surface area contributed by atoms with Gasteiger partial charge in [-0.3, -0.25) is 18.5 Å². The number of aromatic nitrogens is 3. The molecule has 0 saturated carbocycles. The molecule has 5 rings (SSSR count). The average Bonchev–Trinajstić information content (AvgIpc) is 3.31. The van der Waals surface area contributed by atoms with Gasteiger partial charge in [-0.05, 0) is 55.3 Å². The smallest absolute Gasteiger partial charge is 0.338 e. The number of hydrogen-bond donors (Lipinski definition) is 0. The first kappa shape index (κ1) is 25.5. The predicted octanol–water partition coefficient (Wildman–Crippen LogP) is 2.05. The number of nitrogens with zero attached hydrogens (tertiary/aromatic N) is 5. The zero-order valence-electron chi connectivity index (χ0n) is 22.2. The first-order valence-electron chi connectivity index (χ1n) is 12.2. The molecule has 0 saturated heterocycles. The minimum atomic E-state index is -0.666. The van der Waals surface area contributed by atoms with Gasteiger partial charge >= 0.3 is 11.7 Å². The average molecular weight is 532 g/mol. The molecule has 9 nitrogen and oxygen atoms in total. The lowest BCUT2D eigenvalue weighted by Gasteiger charge is -2.25. The van der Waals surface area contributed by atoms with Crippen LogP contribution in [0.1, 0.15) is 31.0 Å². The van der Waals surface area contributed by atoms with Crippen LogP contribution in [0.2, 0.25) is 0 Å². The number of rotatable bonds is 5. The van der Waals surface area contributed by atoms with Crippen LogP contribution in [0.4, 0.5) is 5.69 Å². The maximum atomic E-state index is 13.8. The predicted molar refractivity (Wildman–Crippen MR) is 149 cm³/mol. The Morgan fingerprint density at radius 2 is 1.76 bits per heavy atom. The minimum Gasteiger partial charge on any atom is -0.463 e. The number of allylic oxidation sites excluding steroid dienone is 1. The van der Waals surface area contributed by atoms with Gasteiger partial charge in [-0.1, -0.05) is 29.5 Å². The summed E-state index contributed by atoms with van der Waals surface area (Å²) in [6.45, 7) is 3.74. The summed E-state index contributed by atoms with van der Waals surface area (Å²) in [4.78, 5) is 46.4. The van der Waals surface area contributed by atoms with Crippen molar-refractivity contribution in [2.24, 2.45) is 19.1 Å².